The van der Waals surface area contributed by atoms with Crippen molar-refractivity contribution in [3.63, 3.8) is 0 Å². The maximum atomic E-state index is 12.6. The number of fused-ring (bicyclic) bond motifs is 1. The van der Waals surface area contributed by atoms with E-state index in [1.807, 2.05) is 60.7 Å². The average molecular weight is 385 g/mol. The quantitative estimate of drug-likeness (QED) is 0.394. The number of hydrogen-bond donors (Lipinski definition) is 0. The number of aryl methyl sites for hydroxylation is 1. The summed E-state index contributed by atoms with van der Waals surface area (Å²) in [7, 11) is 0. The van der Waals surface area contributed by atoms with E-state index in [2.05, 4.69) is 60.7 Å². The van der Waals surface area contributed by atoms with Crippen LogP contribution in [0.25, 0.3) is 5.52 Å². The summed E-state index contributed by atoms with van der Waals surface area (Å²) in [4.78, 5) is 14.8. The largest absolute Gasteiger partial charge is 0.371 e. The summed E-state index contributed by atoms with van der Waals surface area (Å²) in [6.45, 7) is 8.11. The Kier molecular flexibility index (Phi) is 6.85. The predicted molar refractivity (Wildman–Crippen MR) is 122 cm³/mol. The van der Waals surface area contributed by atoms with E-state index < -0.39 is 0 Å². The highest BCUT2D eigenvalue weighted by Crippen LogP contribution is 2.23. The van der Waals surface area contributed by atoms with Crippen molar-refractivity contribution in [3.05, 3.63) is 108 Å². The van der Waals surface area contributed by atoms with Crippen molar-refractivity contribution in [2.24, 2.45) is 0 Å². The van der Waals surface area contributed by atoms with Gasteiger partial charge in [0.05, 0.1) is 0 Å². The number of carbonyl (C=O) groups excluding carboxylic acids is 1. The van der Waals surface area contributed by atoms with Gasteiger partial charge >= 0.3 is 0 Å². The lowest BCUT2D eigenvalue weighted by molar-refractivity contribution is 0.103. The Labute approximate surface area is 173 Å². The first-order chi connectivity index (χ1) is 14.1. The molecule has 29 heavy (non-hydrogen) atoms. The molecule has 0 saturated heterocycles. The van der Waals surface area contributed by atoms with Crippen LogP contribution in [0, 0.1) is 6.92 Å². The van der Waals surface area contributed by atoms with E-state index in [1.165, 1.54) is 11.1 Å². The van der Waals surface area contributed by atoms with Gasteiger partial charge in [-0.25, -0.2) is 0 Å². The molecule has 0 saturated carbocycles. The van der Waals surface area contributed by atoms with Crippen molar-refractivity contribution in [3.8, 4) is 0 Å². The van der Waals surface area contributed by atoms with Crippen LogP contribution in [0.2, 0.25) is 0 Å². The van der Waals surface area contributed by atoms with Gasteiger partial charge in [-0.05, 0) is 56.7 Å². The highest BCUT2D eigenvalue weighted by Gasteiger charge is 2.15. The lowest BCUT2D eigenvalue weighted by Gasteiger charge is -2.23. The summed E-state index contributed by atoms with van der Waals surface area (Å²) in [6.07, 6.45) is 4.18. The molecule has 0 aliphatic carbocycles. The van der Waals surface area contributed by atoms with Crippen LogP contribution in [0.3, 0.4) is 0 Å². The summed E-state index contributed by atoms with van der Waals surface area (Å²) in [5.41, 5.74) is 5.10. The minimum Gasteiger partial charge on any atom is -0.371 e. The van der Waals surface area contributed by atoms with Crippen molar-refractivity contribution >= 4 is 17.0 Å². The average Bonchev–Trinajstić information content (AvgIpc) is 3.16. The minimum atomic E-state index is 0.0862. The molecule has 0 aliphatic heterocycles. The van der Waals surface area contributed by atoms with E-state index in [4.69, 9.17) is 0 Å². The van der Waals surface area contributed by atoms with E-state index in [1.54, 1.807) is 0 Å². The third-order valence-electron chi connectivity index (χ3n) is 4.93. The number of anilines is 1. The van der Waals surface area contributed by atoms with Gasteiger partial charge < -0.3 is 9.30 Å². The summed E-state index contributed by atoms with van der Waals surface area (Å²) in [5.74, 6) is 0.0862. The molecule has 0 amide bonds. The van der Waals surface area contributed by atoms with Gasteiger partial charge in [-0.15, -0.1) is 0 Å². The predicted octanol–water partition coefficient (Wildman–Crippen LogP) is 6.01. The first-order valence-electron chi connectivity index (χ1n) is 10.1. The Morgan fingerprint density at radius 2 is 1.52 bits per heavy atom. The van der Waals surface area contributed by atoms with E-state index in [0.29, 0.717) is 0 Å². The Morgan fingerprint density at radius 3 is 2.21 bits per heavy atom. The number of aromatic nitrogens is 1. The second kappa shape index (κ2) is 9.74. The molecule has 0 atom stereocenters. The molecule has 3 nitrogen and oxygen atoms in total. The molecule has 2 aromatic carbocycles. The monoisotopic (exact) mass is 384 g/mol. The minimum absolute atomic E-state index is 0.0862. The Balaban J connectivity index is 0.000000200. The van der Waals surface area contributed by atoms with Crippen LogP contribution in [0.4, 0.5) is 5.69 Å². The maximum Gasteiger partial charge on any atom is 0.195 e. The molecular weight excluding hydrogens is 356 g/mol. The van der Waals surface area contributed by atoms with Crippen LogP contribution in [-0.4, -0.2) is 23.3 Å². The number of para-hydroxylation sites is 1. The molecule has 0 bridgehead atoms. The molecule has 0 radical (unpaired) electrons. The number of ketones is 1. The van der Waals surface area contributed by atoms with Crippen LogP contribution in [0.5, 0.6) is 0 Å². The van der Waals surface area contributed by atoms with Gasteiger partial charge in [0.1, 0.15) is 0 Å². The van der Waals surface area contributed by atoms with Gasteiger partial charge in [-0.1, -0.05) is 48.5 Å². The van der Waals surface area contributed by atoms with Gasteiger partial charge in [0.15, 0.2) is 5.78 Å². The molecule has 0 unspecified atom stereocenters. The number of pyridine rings is 1. The second-order valence-corrected chi connectivity index (χ2v) is 6.93. The van der Waals surface area contributed by atoms with Crippen LogP contribution in [0.1, 0.15) is 35.3 Å². The molecule has 4 rings (SSSR count). The highest BCUT2D eigenvalue weighted by molar-refractivity contribution is 6.12. The lowest BCUT2D eigenvalue weighted by atomic mass is 10.0. The highest BCUT2D eigenvalue weighted by atomic mass is 16.1. The van der Waals surface area contributed by atoms with Crippen molar-refractivity contribution in [2.45, 2.75) is 20.8 Å². The zero-order valence-electron chi connectivity index (χ0n) is 17.4. The molecule has 3 heteroatoms. The van der Waals surface area contributed by atoms with E-state index in [9.17, 15) is 4.79 Å². The normalized spacial score (nSPS) is 10.3. The van der Waals surface area contributed by atoms with Crippen molar-refractivity contribution < 1.29 is 4.79 Å². The fourth-order valence-electron chi connectivity index (χ4n) is 3.45. The molecule has 0 spiro atoms. The zero-order chi connectivity index (χ0) is 20.6. The SMILES string of the molecule is CCN(CC)c1ccccc1C(=O)c1ccccc1.Cc1cc2ccccn2c1. The second-order valence-electron chi connectivity index (χ2n) is 6.93. The van der Waals surface area contributed by atoms with Gasteiger partial charge in [-0.3, -0.25) is 4.79 Å². The summed E-state index contributed by atoms with van der Waals surface area (Å²) in [5, 5.41) is 0. The Morgan fingerprint density at radius 1 is 0.862 bits per heavy atom. The Bertz CT molecular complexity index is 1030. The fourth-order valence-corrected chi connectivity index (χ4v) is 3.45. The molecule has 2 heterocycles. The van der Waals surface area contributed by atoms with Gasteiger partial charge in [-0.2, -0.15) is 0 Å². The number of rotatable bonds is 5. The summed E-state index contributed by atoms with van der Waals surface area (Å²) < 4.78 is 2.12. The molecule has 0 fully saturated rings. The van der Waals surface area contributed by atoms with Crippen LogP contribution >= 0.6 is 0 Å². The number of hydrogen-bond acceptors (Lipinski definition) is 2. The third kappa shape index (κ3) is 4.94. The fraction of sp³-hybridized carbons (Fsp3) is 0.192. The first-order valence-corrected chi connectivity index (χ1v) is 10.1. The molecule has 4 aromatic rings. The number of carbonyl (C=O) groups is 1. The summed E-state index contributed by atoms with van der Waals surface area (Å²) >= 11 is 0. The van der Waals surface area contributed by atoms with Crippen LogP contribution < -0.4 is 4.90 Å². The number of benzene rings is 2. The molecule has 2 aromatic heterocycles. The van der Waals surface area contributed by atoms with Gasteiger partial charge in [0.2, 0.25) is 0 Å². The van der Waals surface area contributed by atoms with Gasteiger partial charge in [0, 0.05) is 47.8 Å². The Hall–Kier alpha value is -3.33. The van der Waals surface area contributed by atoms with Crippen molar-refractivity contribution in [1.29, 1.82) is 0 Å². The van der Waals surface area contributed by atoms with Crippen molar-refractivity contribution in [2.75, 3.05) is 18.0 Å². The van der Waals surface area contributed by atoms with Crippen LogP contribution in [-0.2, 0) is 0 Å². The zero-order valence-corrected chi connectivity index (χ0v) is 17.4. The topological polar surface area (TPSA) is 24.7 Å². The van der Waals surface area contributed by atoms with E-state index in [0.717, 1.165) is 29.9 Å². The van der Waals surface area contributed by atoms with Crippen molar-refractivity contribution in [1.82, 2.24) is 4.40 Å². The smallest absolute Gasteiger partial charge is 0.195 e. The molecule has 0 aliphatic rings. The maximum absolute atomic E-state index is 12.6. The van der Waals surface area contributed by atoms with Crippen LogP contribution in [0.15, 0.2) is 91.3 Å². The summed E-state index contributed by atoms with van der Waals surface area (Å²) in [6, 6.07) is 25.6. The molecule has 148 valence electrons. The third-order valence-corrected chi connectivity index (χ3v) is 4.93. The first kappa shape index (κ1) is 20.4. The standard InChI is InChI=1S/C17H19NO.C9H9N/c1-3-18(4-2)16-13-9-8-12-15(16)17(19)14-10-6-5-7-11-14;1-8-6-9-4-2-3-5-10(9)7-8/h5-13H,3-4H2,1-2H3;2-7H,1H3. The van der Waals surface area contributed by atoms with E-state index >= 15 is 0 Å². The number of nitrogens with zero attached hydrogens (tertiary/aromatic N) is 2. The van der Waals surface area contributed by atoms with E-state index in [-0.39, 0.29) is 5.78 Å². The molecular formula is C26H28N2O. The molecule has 0 N–H and O–H groups in total. The lowest BCUT2D eigenvalue weighted by Crippen LogP contribution is -2.24. The van der Waals surface area contributed by atoms with Gasteiger partial charge in [0.25, 0.3) is 0 Å².